The molecule has 1 aromatic heterocycles. The van der Waals surface area contributed by atoms with Crippen LogP contribution in [0.5, 0.6) is 5.75 Å². The number of hydrogen-bond acceptors (Lipinski definition) is 4. The molecule has 5 heteroatoms. The molecule has 0 radical (unpaired) electrons. The van der Waals surface area contributed by atoms with Gasteiger partial charge in [0.05, 0.1) is 6.26 Å². The molecule has 0 fully saturated rings. The Labute approximate surface area is 136 Å². The quantitative estimate of drug-likeness (QED) is 0.654. The van der Waals surface area contributed by atoms with Crippen LogP contribution in [0.25, 0.3) is 0 Å². The summed E-state index contributed by atoms with van der Waals surface area (Å²) in [7, 11) is 0. The molecule has 0 aliphatic heterocycles. The van der Waals surface area contributed by atoms with Crippen molar-refractivity contribution in [1.82, 2.24) is 5.43 Å². The number of carbonyl (C=O) groups excluding carboxylic acids is 1. The zero-order valence-electron chi connectivity index (χ0n) is 13.9. The molecule has 0 aliphatic carbocycles. The lowest BCUT2D eigenvalue weighted by Gasteiger charge is -2.14. The summed E-state index contributed by atoms with van der Waals surface area (Å²) in [5, 5.41) is 4.00. The average Bonchev–Trinajstić information content (AvgIpc) is 3.04. The number of nitrogens with zero attached hydrogens (tertiary/aromatic N) is 1. The van der Waals surface area contributed by atoms with E-state index in [1.54, 1.807) is 25.3 Å². The maximum atomic E-state index is 11.9. The minimum Gasteiger partial charge on any atom is -0.483 e. The van der Waals surface area contributed by atoms with Crippen LogP contribution < -0.4 is 10.2 Å². The predicted molar refractivity (Wildman–Crippen MR) is 89.8 cm³/mol. The second kappa shape index (κ2) is 7.63. The number of hydrogen-bond donors (Lipinski definition) is 1. The second-order valence-electron chi connectivity index (χ2n) is 5.69. The van der Waals surface area contributed by atoms with Crippen molar-refractivity contribution >= 4 is 11.6 Å². The molecule has 0 spiro atoms. The van der Waals surface area contributed by atoms with Crippen LogP contribution in [0.1, 0.15) is 43.6 Å². The fourth-order valence-corrected chi connectivity index (χ4v) is 2.10. The van der Waals surface area contributed by atoms with Gasteiger partial charge < -0.3 is 9.15 Å². The fourth-order valence-electron chi connectivity index (χ4n) is 2.10. The number of rotatable bonds is 6. The number of ether oxygens (including phenoxy) is 1. The van der Waals surface area contributed by atoms with Crippen molar-refractivity contribution in [3.63, 3.8) is 0 Å². The first-order valence-electron chi connectivity index (χ1n) is 7.57. The first kappa shape index (κ1) is 16.8. The van der Waals surface area contributed by atoms with Gasteiger partial charge in [-0.25, -0.2) is 5.43 Å². The lowest BCUT2D eigenvalue weighted by atomic mass is 10.0. The monoisotopic (exact) mass is 314 g/mol. The summed E-state index contributed by atoms with van der Waals surface area (Å²) in [6, 6.07) is 9.57. The Morgan fingerprint density at radius 3 is 2.78 bits per heavy atom. The summed E-state index contributed by atoms with van der Waals surface area (Å²) in [4.78, 5) is 11.9. The van der Waals surface area contributed by atoms with Crippen LogP contribution in [0.4, 0.5) is 0 Å². The third-order valence-electron chi connectivity index (χ3n) is 3.38. The number of hydrazone groups is 1. The number of furan rings is 1. The van der Waals surface area contributed by atoms with Crippen molar-refractivity contribution in [2.24, 2.45) is 5.10 Å². The summed E-state index contributed by atoms with van der Waals surface area (Å²) >= 11 is 0. The molecule has 23 heavy (non-hydrogen) atoms. The largest absolute Gasteiger partial charge is 0.483 e. The molecule has 5 nitrogen and oxygen atoms in total. The minimum absolute atomic E-state index is 0.0852. The average molecular weight is 314 g/mol. The van der Waals surface area contributed by atoms with Crippen molar-refractivity contribution in [2.75, 3.05) is 6.61 Å². The second-order valence-corrected chi connectivity index (χ2v) is 5.69. The molecule has 1 N–H and O–H groups in total. The molecule has 0 aliphatic rings. The zero-order chi connectivity index (χ0) is 16.8. The van der Waals surface area contributed by atoms with Crippen molar-refractivity contribution in [2.45, 2.75) is 33.6 Å². The first-order valence-corrected chi connectivity index (χ1v) is 7.57. The van der Waals surface area contributed by atoms with Crippen molar-refractivity contribution in [1.29, 1.82) is 0 Å². The highest BCUT2D eigenvalue weighted by Gasteiger charge is 2.10. The molecular weight excluding hydrogens is 292 g/mol. The van der Waals surface area contributed by atoms with Crippen LogP contribution in [0, 0.1) is 6.92 Å². The summed E-state index contributed by atoms with van der Waals surface area (Å²) in [6.07, 6.45) is 1.56. The standard InChI is InChI=1S/C18H22N2O3/c1-12(2)15-8-7-13(3)10-17(15)23-11-18(21)20-19-14(4)16-6-5-9-22-16/h5-10,12H,11H2,1-4H3,(H,20,21)/b19-14-. The molecule has 0 saturated carbocycles. The van der Waals surface area contributed by atoms with E-state index in [0.29, 0.717) is 17.4 Å². The van der Waals surface area contributed by atoms with E-state index in [2.05, 4.69) is 24.4 Å². The molecule has 1 heterocycles. The van der Waals surface area contributed by atoms with Gasteiger partial charge in [0.15, 0.2) is 6.61 Å². The number of carbonyl (C=O) groups is 1. The molecule has 0 unspecified atom stereocenters. The third-order valence-corrected chi connectivity index (χ3v) is 3.38. The van der Waals surface area contributed by atoms with Gasteiger partial charge in [-0.2, -0.15) is 5.10 Å². The summed E-state index contributed by atoms with van der Waals surface area (Å²) < 4.78 is 10.9. The maximum absolute atomic E-state index is 11.9. The molecular formula is C18H22N2O3. The molecule has 0 bridgehead atoms. The van der Waals surface area contributed by atoms with E-state index in [4.69, 9.17) is 9.15 Å². The van der Waals surface area contributed by atoms with Crippen molar-refractivity contribution < 1.29 is 13.9 Å². The molecule has 122 valence electrons. The molecule has 0 saturated heterocycles. The number of benzene rings is 1. The highest BCUT2D eigenvalue weighted by molar-refractivity contribution is 5.96. The Kier molecular flexibility index (Phi) is 5.57. The SMILES string of the molecule is C/C(=N/NC(=O)COc1cc(C)ccc1C(C)C)c1ccco1. The molecule has 2 rings (SSSR count). The van der Waals surface area contributed by atoms with Crippen LogP contribution >= 0.6 is 0 Å². The Morgan fingerprint density at radius 1 is 1.35 bits per heavy atom. The topological polar surface area (TPSA) is 63.8 Å². The van der Waals surface area contributed by atoms with Gasteiger partial charge in [-0.15, -0.1) is 0 Å². The van der Waals surface area contributed by atoms with Crippen molar-refractivity contribution in [3.8, 4) is 5.75 Å². The smallest absolute Gasteiger partial charge is 0.277 e. The number of aryl methyl sites for hydroxylation is 1. The van der Waals surface area contributed by atoms with Crippen LogP contribution in [0.3, 0.4) is 0 Å². The van der Waals surface area contributed by atoms with Gasteiger partial charge >= 0.3 is 0 Å². The van der Waals surface area contributed by atoms with E-state index in [0.717, 1.165) is 16.9 Å². The normalized spacial score (nSPS) is 11.6. The Balaban J connectivity index is 1.95. The van der Waals surface area contributed by atoms with E-state index < -0.39 is 0 Å². The van der Waals surface area contributed by atoms with Gasteiger partial charge in [0.2, 0.25) is 0 Å². The molecule has 1 amide bonds. The van der Waals surface area contributed by atoms with E-state index in [1.165, 1.54) is 0 Å². The highest BCUT2D eigenvalue weighted by atomic mass is 16.5. The van der Waals surface area contributed by atoms with Crippen LogP contribution in [0.15, 0.2) is 46.1 Å². The number of amides is 1. The fraction of sp³-hybridized carbons (Fsp3) is 0.333. The lowest BCUT2D eigenvalue weighted by Crippen LogP contribution is -2.25. The van der Waals surface area contributed by atoms with Gasteiger partial charge in [-0.3, -0.25) is 4.79 Å². The highest BCUT2D eigenvalue weighted by Crippen LogP contribution is 2.27. The van der Waals surface area contributed by atoms with Gasteiger partial charge in [-0.1, -0.05) is 26.0 Å². The van der Waals surface area contributed by atoms with E-state index in [-0.39, 0.29) is 12.5 Å². The van der Waals surface area contributed by atoms with E-state index >= 15 is 0 Å². The third kappa shape index (κ3) is 4.71. The van der Waals surface area contributed by atoms with Crippen LogP contribution in [-0.4, -0.2) is 18.2 Å². The van der Waals surface area contributed by atoms with E-state index in [9.17, 15) is 4.79 Å². The van der Waals surface area contributed by atoms with E-state index in [1.807, 2.05) is 25.1 Å². The Morgan fingerprint density at radius 2 is 2.13 bits per heavy atom. The van der Waals surface area contributed by atoms with Crippen LogP contribution in [0.2, 0.25) is 0 Å². The zero-order valence-corrected chi connectivity index (χ0v) is 13.9. The van der Waals surface area contributed by atoms with Gasteiger partial charge in [0, 0.05) is 0 Å². The molecule has 1 aromatic carbocycles. The molecule has 2 aromatic rings. The summed E-state index contributed by atoms with van der Waals surface area (Å²) in [5.74, 6) is 1.37. The summed E-state index contributed by atoms with van der Waals surface area (Å²) in [6.45, 7) is 7.85. The number of nitrogens with one attached hydrogen (secondary N) is 1. The van der Waals surface area contributed by atoms with Gasteiger partial charge in [-0.05, 0) is 49.1 Å². The lowest BCUT2D eigenvalue weighted by molar-refractivity contribution is -0.123. The Bertz CT molecular complexity index is 688. The van der Waals surface area contributed by atoms with Gasteiger partial charge in [0.25, 0.3) is 5.91 Å². The van der Waals surface area contributed by atoms with Gasteiger partial charge in [0.1, 0.15) is 17.2 Å². The summed E-state index contributed by atoms with van der Waals surface area (Å²) in [5.41, 5.74) is 5.24. The first-order chi connectivity index (χ1) is 11.0. The maximum Gasteiger partial charge on any atom is 0.277 e. The minimum atomic E-state index is -0.313. The predicted octanol–water partition coefficient (Wildman–Crippen LogP) is 3.63. The molecule has 0 atom stereocenters. The van der Waals surface area contributed by atoms with Crippen LogP contribution in [-0.2, 0) is 4.79 Å². The Hall–Kier alpha value is -2.56. The van der Waals surface area contributed by atoms with Crippen molar-refractivity contribution in [3.05, 3.63) is 53.5 Å².